The average molecular weight is 169 g/mol. The van der Waals surface area contributed by atoms with E-state index in [4.69, 9.17) is 4.74 Å². The number of nitrogens with one attached hydrogen (secondary N) is 1. The van der Waals surface area contributed by atoms with Crippen LogP contribution in [0.3, 0.4) is 0 Å². The van der Waals surface area contributed by atoms with Gasteiger partial charge in [0.2, 0.25) is 0 Å². The van der Waals surface area contributed by atoms with Gasteiger partial charge in [0.1, 0.15) is 0 Å². The van der Waals surface area contributed by atoms with E-state index in [1.807, 2.05) is 0 Å². The van der Waals surface area contributed by atoms with Crippen LogP contribution in [0.4, 0.5) is 0 Å². The number of ether oxygens (including phenoxy) is 1. The lowest BCUT2D eigenvalue weighted by molar-refractivity contribution is -0.151. The average Bonchev–Trinajstić information content (AvgIpc) is 2.53. The van der Waals surface area contributed by atoms with Crippen LogP contribution in [0.1, 0.15) is 12.8 Å². The van der Waals surface area contributed by atoms with Crippen LogP contribution < -0.4 is 5.32 Å². The molecule has 1 fully saturated rings. The van der Waals surface area contributed by atoms with Crippen molar-refractivity contribution in [3.63, 3.8) is 0 Å². The van der Waals surface area contributed by atoms with Crippen molar-refractivity contribution in [2.45, 2.75) is 12.8 Å². The molecular weight excluding hydrogens is 154 g/mol. The Labute approximate surface area is 72.8 Å². The van der Waals surface area contributed by atoms with Crippen LogP contribution in [0.5, 0.6) is 0 Å². The number of esters is 1. The van der Waals surface area contributed by atoms with Gasteiger partial charge in [-0.1, -0.05) is 6.08 Å². The normalized spacial score (nSPS) is 28.4. The number of rotatable bonds is 3. The van der Waals surface area contributed by atoms with E-state index in [0.29, 0.717) is 13.0 Å². The molecular formula is C9H15NO2. The first-order valence-corrected chi connectivity index (χ1v) is 4.15. The fraction of sp³-hybridized carbons (Fsp3) is 0.667. The highest BCUT2D eigenvalue weighted by molar-refractivity contribution is 5.77. The summed E-state index contributed by atoms with van der Waals surface area (Å²) in [6.07, 6.45) is 3.34. The molecule has 1 heterocycles. The van der Waals surface area contributed by atoms with E-state index in [1.165, 1.54) is 7.11 Å². The molecule has 0 bridgehead atoms. The summed E-state index contributed by atoms with van der Waals surface area (Å²) in [6, 6.07) is 0. The van der Waals surface area contributed by atoms with Gasteiger partial charge in [0, 0.05) is 6.54 Å². The van der Waals surface area contributed by atoms with Crippen molar-refractivity contribution >= 4 is 5.97 Å². The van der Waals surface area contributed by atoms with Crippen LogP contribution in [0.15, 0.2) is 12.7 Å². The van der Waals surface area contributed by atoms with Gasteiger partial charge < -0.3 is 10.1 Å². The first-order chi connectivity index (χ1) is 5.75. The third kappa shape index (κ3) is 1.50. The first kappa shape index (κ1) is 9.26. The molecule has 0 amide bonds. The second-order valence-electron chi connectivity index (χ2n) is 3.19. The fourth-order valence-electron chi connectivity index (χ4n) is 1.67. The monoisotopic (exact) mass is 169 g/mol. The minimum atomic E-state index is -0.337. The quantitative estimate of drug-likeness (QED) is 0.499. The number of carbonyl (C=O) groups is 1. The van der Waals surface area contributed by atoms with Gasteiger partial charge in [-0.2, -0.15) is 0 Å². The molecule has 1 unspecified atom stereocenters. The molecule has 1 aliphatic rings. The lowest BCUT2D eigenvalue weighted by atomic mass is 9.84. The third-order valence-electron chi connectivity index (χ3n) is 2.40. The van der Waals surface area contributed by atoms with Crippen LogP contribution in [0.25, 0.3) is 0 Å². The Morgan fingerprint density at radius 2 is 2.58 bits per heavy atom. The number of methoxy groups -OCH3 is 1. The van der Waals surface area contributed by atoms with E-state index < -0.39 is 0 Å². The van der Waals surface area contributed by atoms with Gasteiger partial charge in [-0.15, -0.1) is 6.58 Å². The number of hydrogen-bond acceptors (Lipinski definition) is 3. The Hall–Kier alpha value is -0.830. The Kier molecular flexibility index (Phi) is 2.87. The Morgan fingerprint density at radius 3 is 3.00 bits per heavy atom. The van der Waals surface area contributed by atoms with E-state index in [1.54, 1.807) is 6.08 Å². The summed E-state index contributed by atoms with van der Waals surface area (Å²) in [6.45, 7) is 5.26. The molecule has 1 N–H and O–H groups in total. The van der Waals surface area contributed by atoms with Crippen molar-refractivity contribution in [1.82, 2.24) is 5.32 Å². The molecule has 0 aromatic rings. The highest BCUT2D eigenvalue weighted by Gasteiger charge is 2.40. The second-order valence-corrected chi connectivity index (χ2v) is 3.19. The Bertz CT molecular complexity index is 183. The van der Waals surface area contributed by atoms with Gasteiger partial charge in [-0.05, 0) is 19.4 Å². The van der Waals surface area contributed by atoms with Gasteiger partial charge in [0.25, 0.3) is 0 Å². The molecule has 3 nitrogen and oxygen atoms in total. The minimum absolute atomic E-state index is 0.118. The van der Waals surface area contributed by atoms with Crippen molar-refractivity contribution in [1.29, 1.82) is 0 Å². The summed E-state index contributed by atoms with van der Waals surface area (Å²) < 4.78 is 4.76. The maximum Gasteiger partial charge on any atom is 0.313 e. The van der Waals surface area contributed by atoms with Gasteiger partial charge in [0.05, 0.1) is 12.5 Å². The van der Waals surface area contributed by atoms with Gasteiger partial charge in [-0.3, -0.25) is 4.79 Å². The lowest BCUT2D eigenvalue weighted by Gasteiger charge is -2.22. The molecule has 12 heavy (non-hydrogen) atoms. The van der Waals surface area contributed by atoms with Gasteiger partial charge >= 0.3 is 5.97 Å². The van der Waals surface area contributed by atoms with E-state index in [-0.39, 0.29) is 11.4 Å². The van der Waals surface area contributed by atoms with Crippen LogP contribution in [0.2, 0.25) is 0 Å². The summed E-state index contributed by atoms with van der Waals surface area (Å²) in [5.41, 5.74) is -0.337. The van der Waals surface area contributed by atoms with E-state index in [9.17, 15) is 4.79 Å². The van der Waals surface area contributed by atoms with Crippen LogP contribution in [0, 0.1) is 5.41 Å². The summed E-state index contributed by atoms with van der Waals surface area (Å²) in [5.74, 6) is -0.118. The summed E-state index contributed by atoms with van der Waals surface area (Å²) in [7, 11) is 1.44. The van der Waals surface area contributed by atoms with Crippen molar-refractivity contribution < 1.29 is 9.53 Å². The molecule has 1 aliphatic heterocycles. The molecule has 68 valence electrons. The summed E-state index contributed by atoms with van der Waals surface area (Å²) >= 11 is 0. The third-order valence-corrected chi connectivity index (χ3v) is 2.40. The van der Waals surface area contributed by atoms with Gasteiger partial charge in [0.15, 0.2) is 0 Å². The van der Waals surface area contributed by atoms with Crippen molar-refractivity contribution in [2.24, 2.45) is 5.41 Å². The molecule has 0 aromatic heterocycles. The SMILES string of the molecule is C=CCC1(C(=O)OC)CCNC1. The maximum atomic E-state index is 11.4. The van der Waals surface area contributed by atoms with E-state index in [2.05, 4.69) is 11.9 Å². The van der Waals surface area contributed by atoms with E-state index >= 15 is 0 Å². The highest BCUT2D eigenvalue weighted by atomic mass is 16.5. The first-order valence-electron chi connectivity index (χ1n) is 4.15. The zero-order chi connectivity index (χ0) is 9.03. The predicted octanol–water partition coefficient (Wildman–Crippen LogP) is 0.715. The van der Waals surface area contributed by atoms with Crippen LogP contribution in [-0.2, 0) is 9.53 Å². The molecule has 0 aliphatic carbocycles. The van der Waals surface area contributed by atoms with Crippen molar-refractivity contribution in [3.05, 3.63) is 12.7 Å². The highest BCUT2D eigenvalue weighted by Crippen LogP contribution is 2.31. The molecule has 1 saturated heterocycles. The molecule has 0 spiro atoms. The lowest BCUT2D eigenvalue weighted by Crippen LogP contribution is -2.34. The molecule has 1 rings (SSSR count). The standard InChI is InChI=1S/C9H15NO2/c1-3-4-9(8(11)12-2)5-6-10-7-9/h3,10H,1,4-7H2,2H3. The number of hydrogen-bond donors (Lipinski definition) is 1. The largest absolute Gasteiger partial charge is 0.469 e. The summed E-state index contributed by atoms with van der Waals surface area (Å²) in [5, 5.41) is 3.16. The maximum absolute atomic E-state index is 11.4. The molecule has 0 aromatic carbocycles. The topological polar surface area (TPSA) is 38.3 Å². The number of carbonyl (C=O) groups excluding carboxylic acids is 1. The van der Waals surface area contributed by atoms with Crippen molar-refractivity contribution in [3.8, 4) is 0 Å². The Morgan fingerprint density at radius 1 is 1.83 bits per heavy atom. The fourth-order valence-corrected chi connectivity index (χ4v) is 1.67. The Balaban J connectivity index is 2.70. The van der Waals surface area contributed by atoms with Crippen molar-refractivity contribution in [2.75, 3.05) is 20.2 Å². The molecule has 0 saturated carbocycles. The molecule has 0 radical (unpaired) electrons. The molecule has 1 atom stereocenters. The van der Waals surface area contributed by atoms with Crippen LogP contribution in [-0.4, -0.2) is 26.2 Å². The van der Waals surface area contributed by atoms with E-state index in [0.717, 1.165) is 13.0 Å². The molecule has 3 heteroatoms. The predicted molar refractivity (Wildman–Crippen MR) is 46.7 cm³/mol. The number of allylic oxidation sites excluding steroid dienone is 1. The minimum Gasteiger partial charge on any atom is -0.469 e. The second kappa shape index (κ2) is 3.72. The van der Waals surface area contributed by atoms with Crippen LogP contribution >= 0.6 is 0 Å². The zero-order valence-electron chi connectivity index (χ0n) is 7.43. The summed E-state index contributed by atoms with van der Waals surface area (Å²) in [4.78, 5) is 11.4. The zero-order valence-corrected chi connectivity index (χ0v) is 7.43. The smallest absolute Gasteiger partial charge is 0.313 e. The van der Waals surface area contributed by atoms with Gasteiger partial charge in [-0.25, -0.2) is 0 Å².